The number of halogens is 1. The Bertz CT molecular complexity index is 434. The Morgan fingerprint density at radius 3 is 2.74 bits per heavy atom. The van der Waals surface area contributed by atoms with Gasteiger partial charge in [0, 0.05) is 6.54 Å². The van der Waals surface area contributed by atoms with Crippen molar-refractivity contribution in [2.75, 3.05) is 6.54 Å². The van der Waals surface area contributed by atoms with Crippen molar-refractivity contribution >= 4 is 17.6 Å². The predicted molar refractivity (Wildman–Crippen MR) is 75.5 cm³/mol. The average molecular weight is 288 g/mol. The molecule has 0 spiro atoms. The number of nitrogens with zero attached hydrogens (tertiary/aromatic N) is 2. The molecular weight excluding hydrogens is 266 g/mol. The zero-order valence-electron chi connectivity index (χ0n) is 11.7. The summed E-state index contributed by atoms with van der Waals surface area (Å²) in [5, 5.41) is 17.1. The third-order valence-electron chi connectivity index (χ3n) is 3.38. The first-order valence-corrected chi connectivity index (χ1v) is 6.95. The normalized spacial score (nSPS) is 14.3. The predicted octanol–water partition coefficient (Wildman–Crippen LogP) is 2.47. The minimum absolute atomic E-state index is 0.601. The second-order valence-corrected chi connectivity index (χ2v) is 5.33. The second kappa shape index (κ2) is 6.91. The molecule has 0 saturated carbocycles. The smallest absolute Gasteiger partial charge is 0.323 e. The third kappa shape index (κ3) is 4.21. The molecule has 1 rings (SSSR count). The molecule has 2 N–H and O–H groups in total. The fourth-order valence-corrected chi connectivity index (χ4v) is 2.19. The third-order valence-corrected chi connectivity index (χ3v) is 3.75. The van der Waals surface area contributed by atoms with Crippen LogP contribution in [0.5, 0.6) is 0 Å². The molecule has 6 heteroatoms. The fraction of sp³-hybridized carbons (Fsp3) is 0.692. The highest BCUT2D eigenvalue weighted by atomic mass is 35.5. The van der Waals surface area contributed by atoms with Crippen LogP contribution in [0.25, 0.3) is 0 Å². The first-order valence-electron chi connectivity index (χ1n) is 6.57. The van der Waals surface area contributed by atoms with Gasteiger partial charge in [-0.25, -0.2) is 0 Å². The Balaban J connectivity index is 2.41. The van der Waals surface area contributed by atoms with E-state index in [1.54, 1.807) is 13.1 Å². The summed E-state index contributed by atoms with van der Waals surface area (Å²) in [5.41, 5.74) is 0.111. The molecule has 0 aliphatic carbocycles. The molecule has 108 valence electrons. The van der Waals surface area contributed by atoms with Crippen LogP contribution in [0, 0.1) is 6.92 Å². The maximum absolute atomic E-state index is 11.2. The molecule has 0 aliphatic heterocycles. The molecule has 0 amide bonds. The lowest BCUT2D eigenvalue weighted by atomic mass is 9.95. The first kappa shape index (κ1) is 16.0. The molecule has 1 aromatic rings. The van der Waals surface area contributed by atoms with E-state index in [9.17, 15) is 9.90 Å². The van der Waals surface area contributed by atoms with Crippen molar-refractivity contribution in [1.29, 1.82) is 0 Å². The second-order valence-electron chi connectivity index (χ2n) is 4.93. The maximum Gasteiger partial charge on any atom is 0.323 e. The number of hydrogen-bond acceptors (Lipinski definition) is 3. The lowest BCUT2D eigenvalue weighted by molar-refractivity contribution is -0.144. The zero-order chi connectivity index (χ0) is 14.5. The first-order chi connectivity index (χ1) is 8.90. The highest BCUT2D eigenvalue weighted by molar-refractivity contribution is 6.31. The lowest BCUT2D eigenvalue weighted by Crippen LogP contribution is -2.49. The van der Waals surface area contributed by atoms with E-state index >= 15 is 0 Å². The van der Waals surface area contributed by atoms with Gasteiger partial charge in [-0.15, -0.1) is 0 Å². The number of unbranched alkanes of at least 4 members (excludes halogenated alkanes) is 1. The SMILES string of the molecule is CCNC(C)(CCCCn1ncc(Cl)c1C)C(=O)O. The number of carboxylic acids is 1. The maximum atomic E-state index is 11.2. The van der Waals surface area contributed by atoms with Crippen molar-refractivity contribution in [1.82, 2.24) is 15.1 Å². The largest absolute Gasteiger partial charge is 0.480 e. The van der Waals surface area contributed by atoms with Crippen molar-refractivity contribution in [3.05, 3.63) is 16.9 Å². The summed E-state index contributed by atoms with van der Waals surface area (Å²) in [6.45, 7) is 6.98. The molecule has 0 saturated heterocycles. The van der Waals surface area contributed by atoms with Crippen LogP contribution in [-0.4, -0.2) is 32.9 Å². The molecule has 0 aliphatic rings. The summed E-state index contributed by atoms with van der Waals surface area (Å²) in [5.74, 6) is -0.798. The molecule has 0 aromatic carbocycles. The van der Waals surface area contributed by atoms with Crippen LogP contribution in [0.3, 0.4) is 0 Å². The van der Waals surface area contributed by atoms with Crippen molar-refractivity contribution in [2.24, 2.45) is 0 Å². The Morgan fingerprint density at radius 2 is 2.26 bits per heavy atom. The van der Waals surface area contributed by atoms with Crippen LogP contribution in [0.1, 0.15) is 38.8 Å². The molecule has 5 nitrogen and oxygen atoms in total. The Hall–Kier alpha value is -1.07. The summed E-state index contributed by atoms with van der Waals surface area (Å²) < 4.78 is 1.85. The number of rotatable bonds is 8. The number of likely N-dealkylation sites (N-methyl/N-ethyl adjacent to an activating group) is 1. The summed E-state index contributed by atoms with van der Waals surface area (Å²) in [6.07, 6.45) is 3.95. The monoisotopic (exact) mass is 287 g/mol. The minimum atomic E-state index is -0.842. The van der Waals surface area contributed by atoms with E-state index in [1.807, 2.05) is 18.5 Å². The molecule has 1 unspecified atom stereocenters. The van der Waals surface area contributed by atoms with Crippen molar-refractivity contribution in [3.8, 4) is 0 Å². The number of nitrogens with one attached hydrogen (secondary N) is 1. The number of carbonyl (C=O) groups is 1. The van der Waals surface area contributed by atoms with Gasteiger partial charge in [0.05, 0.1) is 16.9 Å². The van der Waals surface area contributed by atoms with Crippen LogP contribution < -0.4 is 5.32 Å². The van der Waals surface area contributed by atoms with Gasteiger partial charge in [0.2, 0.25) is 0 Å². The van der Waals surface area contributed by atoms with Crippen LogP contribution in [-0.2, 0) is 11.3 Å². The van der Waals surface area contributed by atoms with Gasteiger partial charge < -0.3 is 10.4 Å². The van der Waals surface area contributed by atoms with Gasteiger partial charge in [-0.05, 0) is 39.7 Å². The van der Waals surface area contributed by atoms with Gasteiger partial charge in [0.15, 0.2) is 0 Å². The summed E-state index contributed by atoms with van der Waals surface area (Å²) in [6, 6.07) is 0. The molecule has 1 aromatic heterocycles. The van der Waals surface area contributed by atoms with Gasteiger partial charge in [-0.1, -0.05) is 18.5 Å². The van der Waals surface area contributed by atoms with Gasteiger partial charge in [-0.3, -0.25) is 9.48 Å². The van der Waals surface area contributed by atoms with E-state index in [-0.39, 0.29) is 0 Å². The quantitative estimate of drug-likeness (QED) is 0.721. The number of carboxylic acid groups (broad SMARTS) is 1. The van der Waals surface area contributed by atoms with Gasteiger partial charge >= 0.3 is 5.97 Å². The van der Waals surface area contributed by atoms with Crippen LogP contribution in [0.2, 0.25) is 5.02 Å². The Kier molecular flexibility index (Phi) is 5.82. The van der Waals surface area contributed by atoms with Crippen LogP contribution in [0.15, 0.2) is 6.20 Å². The van der Waals surface area contributed by atoms with E-state index in [0.717, 1.165) is 25.1 Å². The summed E-state index contributed by atoms with van der Waals surface area (Å²) >= 11 is 5.93. The molecule has 1 heterocycles. The number of aryl methyl sites for hydroxylation is 1. The van der Waals surface area contributed by atoms with Crippen LogP contribution >= 0.6 is 11.6 Å². The van der Waals surface area contributed by atoms with Crippen molar-refractivity contribution < 1.29 is 9.90 Å². The van der Waals surface area contributed by atoms with Crippen molar-refractivity contribution in [3.63, 3.8) is 0 Å². The Morgan fingerprint density at radius 1 is 1.58 bits per heavy atom. The molecule has 0 radical (unpaired) electrons. The highest BCUT2D eigenvalue weighted by Gasteiger charge is 2.30. The average Bonchev–Trinajstić information content (AvgIpc) is 2.66. The van der Waals surface area contributed by atoms with E-state index in [1.165, 1.54) is 0 Å². The molecule has 19 heavy (non-hydrogen) atoms. The molecule has 1 atom stereocenters. The van der Waals surface area contributed by atoms with E-state index in [4.69, 9.17) is 11.6 Å². The number of aromatic nitrogens is 2. The summed E-state index contributed by atoms with van der Waals surface area (Å²) in [7, 11) is 0. The Labute approximate surface area is 118 Å². The van der Waals surface area contributed by atoms with Gasteiger partial charge in [-0.2, -0.15) is 5.10 Å². The summed E-state index contributed by atoms with van der Waals surface area (Å²) in [4.78, 5) is 11.2. The van der Waals surface area contributed by atoms with E-state index in [2.05, 4.69) is 10.4 Å². The van der Waals surface area contributed by atoms with E-state index < -0.39 is 11.5 Å². The van der Waals surface area contributed by atoms with E-state index in [0.29, 0.717) is 18.0 Å². The molecule has 0 bridgehead atoms. The standard InChI is InChI=1S/C13H22ClN3O2/c1-4-15-13(3,12(18)19)7-5-6-8-17-10(2)11(14)9-16-17/h9,15H,4-8H2,1-3H3,(H,18,19). The van der Waals surface area contributed by atoms with Crippen molar-refractivity contribution in [2.45, 2.75) is 52.1 Å². The zero-order valence-corrected chi connectivity index (χ0v) is 12.5. The highest BCUT2D eigenvalue weighted by Crippen LogP contribution is 2.17. The number of hydrogen-bond donors (Lipinski definition) is 2. The molecule has 0 fully saturated rings. The molecular formula is C13H22ClN3O2. The lowest BCUT2D eigenvalue weighted by Gasteiger charge is -2.25. The van der Waals surface area contributed by atoms with Crippen LogP contribution in [0.4, 0.5) is 0 Å². The van der Waals surface area contributed by atoms with Gasteiger partial charge in [0.1, 0.15) is 5.54 Å². The fourth-order valence-electron chi connectivity index (χ4n) is 2.05. The number of aliphatic carboxylic acids is 1. The van der Waals surface area contributed by atoms with Gasteiger partial charge in [0.25, 0.3) is 0 Å². The topological polar surface area (TPSA) is 67.2 Å². The minimum Gasteiger partial charge on any atom is -0.480 e.